The number of rotatable bonds is 15. The van der Waals surface area contributed by atoms with E-state index in [-0.39, 0.29) is 44.7 Å². The van der Waals surface area contributed by atoms with Gasteiger partial charge in [-0.05, 0) is 48.6 Å². The molecular weight excluding hydrogens is 646 g/mol. The van der Waals surface area contributed by atoms with Crippen LogP contribution in [0.3, 0.4) is 0 Å². The highest BCUT2D eigenvalue weighted by atomic mass is 16.7. The van der Waals surface area contributed by atoms with Crippen LogP contribution in [0.1, 0.15) is 38.3 Å². The summed E-state index contributed by atoms with van der Waals surface area (Å²) in [5.74, 6) is -1.42. The lowest BCUT2D eigenvalue weighted by molar-refractivity contribution is -0.319. The summed E-state index contributed by atoms with van der Waals surface area (Å²) in [5, 5.41) is 10.3. The fourth-order valence-corrected chi connectivity index (χ4v) is 6.22. The Balaban J connectivity index is 1.26. The number of methoxy groups -OCH3 is 1. The van der Waals surface area contributed by atoms with E-state index >= 15 is 0 Å². The first-order valence-electron chi connectivity index (χ1n) is 17.0. The third-order valence-electron chi connectivity index (χ3n) is 9.06. The van der Waals surface area contributed by atoms with E-state index in [1.165, 1.54) is 13.2 Å². The van der Waals surface area contributed by atoms with E-state index in [9.17, 15) is 19.5 Å². The van der Waals surface area contributed by atoms with Crippen LogP contribution in [0.15, 0.2) is 84.7 Å². The van der Waals surface area contributed by atoms with Gasteiger partial charge in [0.1, 0.15) is 36.8 Å². The highest BCUT2D eigenvalue weighted by Gasteiger charge is 2.49. The van der Waals surface area contributed by atoms with Gasteiger partial charge in [-0.25, -0.2) is 9.69 Å². The second-order valence-electron chi connectivity index (χ2n) is 12.9. The molecule has 2 saturated heterocycles. The van der Waals surface area contributed by atoms with E-state index in [0.29, 0.717) is 12.2 Å². The maximum Gasteiger partial charge on any atom is 0.416 e. The Labute approximate surface area is 292 Å². The van der Waals surface area contributed by atoms with Crippen molar-refractivity contribution in [1.82, 2.24) is 4.90 Å². The van der Waals surface area contributed by atoms with Gasteiger partial charge in [0.05, 0.1) is 38.4 Å². The van der Waals surface area contributed by atoms with Crippen LogP contribution in [-0.4, -0.2) is 97.6 Å². The quantitative estimate of drug-likeness (QED) is 0.267. The molecule has 12 nitrogen and oxygen atoms in total. The number of imide groups is 1. The van der Waals surface area contributed by atoms with Gasteiger partial charge >= 0.3 is 6.09 Å². The molecule has 8 atom stereocenters. The second kappa shape index (κ2) is 17.8. The van der Waals surface area contributed by atoms with Crippen LogP contribution in [0.25, 0.3) is 0 Å². The van der Waals surface area contributed by atoms with E-state index in [1.807, 2.05) is 74.5 Å². The Morgan fingerprint density at radius 1 is 0.920 bits per heavy atom. The number of hydrogen-bond acceptors (Lipinski definition) is 11. The van der Waals surface area contributed by atoms with Crippen molar-refractivity contribution in [2.24, 2.45) is 11.8 Å². The van der Waals surface area contributed by atoms with Gasteiger partial charge in [-0.1, -0.05) is 74.5 Å². The average molecular weight is 694 g/mol. The molecule has 0 aliphatic carbocycles. The number of allylic oxidation sites excluding steroid dienone is 1. The summed E-state index contributed by atoms with van der Waals surface area (Å²) < 4.78 is 42.1. The summed E-state index contributed by atoms with van der Waals surface area (Å²) in [6.07, 6.45) is -0.428. The fourth-order valence-electron chi connectivity index (χ4n) is 6.22. The van der Waals surface area contributed by atoms with Crippen LogP contribution < -0.4 is 0 Å². The minimum atomic E-state index is -1.10. The Morgan fingerprint density at radius 2 is 1.56 bits per heavy atom. The van der Waals surface area contributed by atoms with Crippen molar-refractivity contribution in [2.45, 2.75) is 83.3 Å². The minimum absolute atomic E-state index is 0.00763. The first kappa shape index (κ1) is 37.3. The molecule has 3 aliphatic rings. The molecule has 0 radical (unpaired) electrons. The topological polar surface area (TPSA) is 139 Å². The van der Waals surface area contributed by atoms with E-state index in [4.69, 9.17) is 33.2 Å². The number of ether oxygens (including phenoxy) is 7. The zero-order chi connectivity index (χ0) is 35.6. The highest BCUT2D eigenvalue weighted by Crippen LogP contribution is 2.31. The summed E-state index contributed by atoms with van der Waals surface area (Å²) in [6.45, 7) is 5.92. The molecule has 2 amide bonds. The predicted molar refractivity (Wildman–Crippen MR) is 180 cm³/mol. The first-order valence-corrected chi connectivity index (χ1v) is 17.0. The summed E-state index contributed by atoms with van der Waals surface area (Å²) in [6, 6.07) is 19.0. The van der Waals surface area contributed by atoms with Gasteiger partial charge in [0.25, 0.3) is 0 Å². The number of nitrogens with zero attached hydrogens (tertiary/aromatic N) is 1. The molecule has 1 N–H and O–H groups in total. The largest absolute Gasteiger partial charge is 0.482 e. The molecule has 5 rings (SSSR count). The van der Waals surface area contributed by atoms with Crippen molar-refractivity contribution in [3.05, 3.63) is 95.8 Å². The molecule has 3 heterocycles. The first-order chi connectivity index (χ1) is 24.2. The maximum absolute atomic E-state index is 13.4. The van der Waals surface area contributed by atoms with Crippen LogP contribution in [0.4, 0.5) is 4.79 Å². The molecule has 8 unspecified atom stereocenters. The third-order valence-corrected chi connectivity index (χ3v) is 9.06. The van der Waals surface area contributed by atoms with Crippen molar-refractivity contribution in [2.75, 3.05) is 26.9 Å². The van der Waals surface area contributed by atoms with Gasteiger partial charge in [0.15, 0.2) is 18.2 Å². The minimum Gasteiger partial charge on any atom is -0.482 e. The zero-order valence-corrected chi connectivity index (χ0v) is 28.9. The van der Waals surface area contributed by atoms with Gasteiger partial charge in [-0.2, -0.15) is 0 Å². The molecule has 0 spiro atoms. The summed E-state index contributed by atoms with van der Waals surface area (Å²) in [7, 11) is 1.50. The van der Waals surface area contributed by atoms with Crippen LogP contribution >= 0.6 is 0 Å². The zero-order valence-electron chi connectivity index (χ0n) is 28.9. The molecule has 2 fully saturated rings. The number of carbonyl (C=O) groups is 3. The Bertz CT molecular complexity index is 1480. The Hall–Kier alpha value is -3.91. The smallest absolute Gasteiger partial charge is 0.416 e. The van der Waals surface area contributed by atoms with Crippen molar-refractivity contribution in [1.29, 1.82) is 0 Å². The number of amides is 2. The lowest BCUT2D eigenvalue weighted by Gasteiger charge is -2.45. The number of carbonyl (C=O) groups excluding carboxylic acids is 3. The van der Waals surface area contributed by atoms with Crippen LogP contribution in [0, 0.1) is 11.8 Å². The number of cyclic esters (lactones) is 1. The number of aliphatic hydroxyl groups is 1. The summed E-state index contributed by atoms with van der Waals surface area (Å²) in [5.41, 5.74) is 1.91. The second-order valence-corrected chi connectivity index (χ2v) is 12.9. The standard InChI is InChI=1S/C38H47NO11/c1-24(2)29-23-48-38(43)39(29)36(42)25(3)32-30(41)18-17-28(49-32)16-11-19-45-35-34(47-22-27-14-9-6-10-15-27)33(31(20-40)50-37(35)44-4)46-21-26-12-7-5-8-13-26/h5-10,12-18,24-25,29,31-35,37,40H,11,19-23H2,1-4H3. The fraction of sp³-hybridized carbons (Fsp3) is 0.500. The lowest BCUT2D eigenvalue weighted by atomic mass is 9.95. The highest BCUT2D eigenvalue weighted by molar-refractivity contribution is 6.01. The molecule has 3 aliphatic heterocycles. The molecule has 2 aromatic carbocycles. The van der Waals surface area contributed by atoms with Gasteiger partial charge in [0, 0.05) is 7.11 Å². The molecule has 0 bridgehead atoms. The van der Waals surface area contributed by atoms with Gasteiger partial charge in [-0.15, -0.1) is 0 Å². The molecular formula is C38H47NO11. The number of aliphatic hydroxyl groups excluding tert-OH is 1. The molecule has 270 valence electrons. The van der Waals surface area contributed by atoms with Gasteiger partial charge < -0.3 is 38.3 Å². The van der Waals surface area contributed by atoms with Crippen LogP contribution in [-0.2, 0) is 56.0 Å². The van der Waals surface area contributed by atoms with E-state index in [2.05, 4.69) is 0 Å². The van der Waals surface area contributed by atoms with E-state index < -0.39 is 60.8 Å². The molecule has 2 aromatic rings. The number of ketones is 1. The van der Waals surface area contributed by atoms with E-state index in [0.717, 1.165) is 16.0 Å². The average Bonchev–Trinajstić information content (AvgIpc) is 3.53. The molecule has 0 aromatic heterocycles. The predicted octanol–water partition coefficient (Wildman–Crippen LogP) is 4.34. The van der Waals surface area contributed by atoms with Crippen molar-refractivity contribution in [3.8, 4) is 0 Å². The van der Waals surface area contributed by atoms with Crippen LogP contribution in [0.5, 0.6) is 0 Å². The third kappa shape index (κ3) is 9.05. The molecule has 12 heteroatoms. The number of hydrogen-bond donors (Lipinski definition) is 1. The van der Waals surface area contributed by atoms with Crippen molar-refractivity contribution < 1.29 is 52.6 Å². The van der Waals surface area contributed by atoms with E-state index in [1.54, 1.807) is 19.1 Å². The Morgan fingerprint density at radius 3 is 2.16 bits per heavy atom. The van der Waals surface area contributed by atoms with Gasteiger partial charge in [0.2, 0.25) is 5.91 Å². The Kier molecular flexibility index (Phi) is 13.3. The lowest BCUT2D eigenvalue weighted by Crippen LogP contribution is -2.61. The summed E-state index contributed by atoms with van der Waals surface area (Å²) >= 11 is 0. The van der Waals surface area contributed by atoms with Crippen molar-refractivity contribution in [3.63, 3.8) is 0 Å². The van der Waals surface area contributed by atoms with Gasteiger partial charge in [-0.3, -0.25) is 9.59 Å². The summed E-state index contributed by atoms with van der Waals surface area (Å²) in [4.78, 5) is 39.6. The monoisotopic (exact) mass is 693 g/mol. The van der Waals surface area contributed by atoms with Crippen LogP contribution in [0.2, 0.25) is 0 Å². The molecule has 0 saturated carbocycles. The van der Waals surface area contributed by atoms with Crippen molar-refractivity contribution >= 4 is 17.8 Å². The SMILES string of the molecule is COC1OC(CO)C(OCc2ccccc2)C(OCc2ccccc2)C1OCCC=C1C=CC(=O)C(C(C)C(=O)N2C(=O)OCC2C(C)C)O1. The normalized spacial score (nSPS) is 28.2. The molecule has 50 heavy (non-hydrogen) atoms. The number of benzene rings is 2. The maximum atomic E-state index is 13.4.